The van der Waals surface area contributed by atoms with E-state index in [1.54, 1.807) is 6.33 Å². The van der Waals surface area contributed by atoms with E-state index >= 15 is 0 Å². The molecular weight excluding hydrogens is 226 g/mol. The first-order chi connectivity index (χ1) is 8.85. The van der Waals surface area contributed by atoms with Gasteiger partial charge >= 0.3 is 0 Å². The molecule has 1 unspecified atom stereocenters. The van der Waals surface area contributed by atoms with E-state index in [0.29, 0.717) is 6.04 Å². The molecule has 0 bridgehead atoms. The Bertz CT molecular complexity index is 393. The van der Waals surface area contributed by atoms with Gasteiger partial charge in [-0.05, 0) is 19.9 Å². The van der Waals surface area contributed by atoms with Crippen LogP contribution in [0.2, 0.25) is 0 Å². The summed E-state index contributed by atoms with van der Waals surface area (Å²) in [6, 6.07) is 2.55. The number of likely N-dealkylation sites (N-methyl/N-ethyl adjacent to an activating group) is 1. The van der Waals surface area contributed by atoms with Crippen LogP contribution in [0.3, 0.4) is 0 Å². The predicted molar refractivity (Wildman–Crippen MR) is 75.0 cm³/mol. The highest BCUT2D eigenvalue weighted by Gasteiger charge is 2.25. The fourth-order valence-electron chi connectivity index (χ4n) is 2.36. The van der Waals surface area contributed by atoms with Crippen LogP contribution >= 0.6 is 0 Å². The predicted octanol–water partition coefficient (Wildman–Crippen LogP) is 1.26. The molecule has 1 saturated heterocycles. The summed E-state index contributed by atoms with van der Waals surface area (Å²) >= 11 is 0. The van der Waals surface area contributed by atoms with Crippen LogP contribution in [-0.2, 0) is 0 Å². The molecule has 1 aliphatic rings. The topological polar surface area (TPSA) is 53.1 Å². The van der Waals surface area contributed by atoms with Crippen LogP contribution in [0, 0.1) is 0 Å². The van der Waals surface area contributed by atoms with Gasteiger partial charge in [0.15, 0.2) is 0 Å². The minimum absolute atomic E-state index is 0.539. The number of hydrogen-bond donors (Lipinski definition) is 2. The molecule has 2 N–H and O–H groups in total. The summed E-state index contributed by atoms with van der Waals surface area (Å²) in [5.41, 5.74) is 0. The van der Waals surface area contributed by atoms with Crippen LogP contribution in [0.25, 0.3) is 0 Å². The van der Waals surface area contributed by atoms with Crippen molar-refractivity contribution in [2.75, 3.05) is 36.9 Å². The highest BCUT2D eigenvalue weighted by atomic mass is 15.2. The molecule has 98 valence electrons. The zero-order valence-electron chi connectivity index (χ0n) is 10.9. The normalized spacial score (nSPS) is 18.9. The van der Waals surface area contributed by atoms with Crippen molar-refractivity contribution >= 4 is 11.6 Å². The first kappa shape index (κ1) is 12.8. The van der Waals surface area contributed by atoms with Gasteiger partial charge in [0, 0.05) is 31.7 Å². The van der Waals surface area contributed by atoms with Gasteiger partial charge in [0.25, 0.3) is 0 Å². The van der Waals surface area contributed by atoms with Gasteiger partial charge in [-0.3, -0.25) is 0 Å². The average Bonchev–Trinajstić information content (AvgIpc) is 2.85. The molecule has 18 heavy (non-hydrogen) atoms. The third-order valence-corrected chi connectivity index (χ3v) is 3.19. The lowest BCUT2D eigenvalue weighted by molar-refractivity contribution is 0.611. The molecule has 0 saturated carbocycles. The average molecular weight is 247 g/mol. The second-order valence-electron chi connectivity index (χ2n) is 4.48. The molecule has 0 aromatic carbocycles. The Morgan fingerprint density at radius 3 is 3.22 bits per heavy atom. The van der Waals surface area contributed by atoms with Gasteiger partial charge in [0.1, 0.15) is 18.0 Å². The van der Waals surface area contributed by atoms with E-state index in [9.17, 15) is 0 Å². The maximum absolute atomic E-state index is 4.38. The molecule has 1 aromatic heterocycles. The van der Waals surface area contributed by atoms with E-state index in [-0.39, 0.29) is 0 Å². The summed E-state index contributed by atoms with van der Waals surface area (Å²) in [5.74, 6) is 1.87. The fourth-order valence-corrected chi connectivity index (χ4v) is 2.36. The van der Waals surface area contributed by atoms with Crippen molar-refractivity contribution in [3.8, 4) is 0 Å². The Labute approximate surface area is 108 Å². The van der Waals surface area contributed by atoms with Gasteiger partial charge in [-0.1, -0.05) is 6.08 Å². The summed E-state index contributed by atoms with van der Waals surface area (Å²) in [5, 5.41) is 6.44. The van der Waals surface area contributed by atoms with Crippen LogP contribution in [0.15, 0.2) is 25.0 Å². The standard InChI is InChI=1S/C13H21N5/c1-3-6-15-12-8-13(17-10-16-12)18-7-4-5-11(18)9-14-2/h3,8,10-11,14H,1,4-7,9H2,2H3,(H,15,16,17). The summed E-state index contributed by atoms with van der Waals surface area (Å²) in [4.78, 5) is 10.9. The maximum atomic E-state index is 4.38. The van der Waals surface area contributed by atoms with E-state index in [1.807, 2.05) is 19.2 Å². The fraction of sp³-hybridized carbons (Fsp3) is 0.538. The maximum Gasteiger partial charge on any atom is 0.134 e. The molecule has 0 aliphatic carbocycles. The summed E-state index contributed by atoms with van der Waals surface area (Å²) in [6.07, 6.45) is 5.89. The minimum atomic E-state index is 0.539. The zero-order valence-corrected chi connectivity index (χ0v) is 10.9. The first-order valence-corrected chi connectivity index (χ1v) is 6.43. The lowest BCUT2D eigenvalue weighted by Gasteiger charge is -2.25. The third-order valence-electron chi connectivity index (χ3n) is 3.19. The molecule has 5 heteroatoms. The molecule has 0 spiro atoms. The second-order valence-corrected chi connectivity index (χ2v) is 4.48. The smallest absolute Gasteiger partial charge is 0.134 e. The minimum Gasteiger partial charge on any atom is -0.366 e. The third kappa shape index (κ3) is 2.98. The van der Waals surface area contributed by atoms with Crippen molar-refractivity contribution in [3.63, 3.8) is 0 Å². The first-order valence-electron chi connectivity index (χ1n) is 6.43. The van der Waals surface area contributed by atoms with E-state index in [1.165, 1.54) is 12.8 Å². The summed E-state index contributed by atoms with van der Waals surface area (Å²) in [6.45, 7) is 6.48. The van der Waals surface area contributed by atoms with Gasteiger partial charge in [0.05, 0.1) is 0 Å². The van der Waals surface area contributed by atoms with Crippen molar-refractivity contribution < 1.29 is 0 Å². The molecule has 2 rings (SSSR count). The highest BCUT2D eigenvalue weighted by Crippen LogP contribution is 2.24. The second kappa shape index (κ2) is 6.35. The highest BCUT2D eigenvalue weighted by molar-refractivity contribution is 5.50. The number of aromatic nitrogens is 2. The molecule has 1 fully saturated rings. The Hall–Kier alpha value is -1.62. The van der Waals surface area contributed by atoms with E-state index < -0.39 is 0 Å². The van der Waals surface area contributed by atoms with Gasteiger partial charge in [-0.2, -0.15) is 0 Å². The van der Waals surface area contributed by atoms with E-state index in [4.69, 9.17) is 0 Å². The van der Waals surface area contributed by atoms with Crippen molar-refractivity contribution in [3.05, 3.63) is 25.0 Å². The molecule has 1 aliphatic heterocycles. The van der Waals surface area contributed by atoms with Gasteiger partial charge in [-0.15, -0.1) is 6.58 Å². The largest absolute Gasteiger partial charge is 0.366 e. The van der Waals surface area contributed by atoms with Crippen LogP contribution < -0.4 is 15.5 Å². The monoisotopic (exact) mass is 247 g/mol. The van der Waals surface area contributed by atoms with Crippen molar-refractivity contribution in [1.82, 2.24) is 15.3 Å². The lowest BCUT2D eigenvalue weighted by Crippen LogP contribution is -2.37. The molecule has 2 heterocycles. The van der Waals surface area contributed by atoms with Crippen molar-refractivity contribution in [2.24, 2.45) is 0 Å². The van der Waals surface area contributed by atoms with Gasteiger partial charge < -0.3 is 15.5 Å². The lowest BCUT2D eigenvalue weighted by atomic mass is 10.2. The van der Waals surface area contributed by atoms with Crippen molar-refractivity contribution in [1.29, 1.82) is 0 Å². The molecule has 0 radical (unpaired) electrons. The van der Waals surface area contributed by atoms with Crippen LogP contribution in [0.5, 0.6) is 0 Å². The van der Waals surface area contributed by atoms with Gasteiger partial charge in [-0.25, -0.2) is 9.97 Å². The SMILES string of the molecule is C=CCNc1cc(N2CCCC2CNC)ncn1. The van der Waals surface area contributed by atoms with Crippen LogP contribution in [-0.4, -0.2) is 42.7 Å². The molecule has 1 atom stereocenters. The Morgan fingerprint density at radius 1 is 1.56 bits per heavy atom. The number of anilines is 2. The zero-order chi connectivity index (χ0) is 12.8. The quantitative estimate of drug-likeness (QED) is 0.741. The van der Waals surface area contributed by atoms with E-state index in [0.717, 1.165) is 31.3 Å². The van der Waals surface area contributed by atoms with E-state index in [2.05, 4.69) is 32.1 Å². The van der Waals surface area contributed by atoms with Crippen LogP contribution in [0.1, 0.15) is 12.8 Å². The Balaban J connectivity index is 2.09. The summed E-state index contributed by atoms with van der Waals surface area (Å²) in [7, 11) is 1.99. The molecule has 0 amide bonds. The Morgan fingerprint density at radius 2 is 2.44 bits per heavy atom. The molecule has 1 aromatic rings. The van der Waals surface area contributed by atoms with Gasteiger partial charge in [0.2, 0.25) is 0 Å². The number of nitrogens with zero attached hydrogens (tertiary/aromatic N) is 3. The van der Waals surface area contributed by atoms with Crippen molar-refractivity contribution in [2.45, 2.75) is 18.9 Å². The summed E-state index contributed by atoms with van der Waals surface area (Å²) < 4.78 is 0. The molecule has 5 nitrogen and oxygen atoms in total. The number of rotatable bonds is 6. The van der Waals surface area contributed by atoms with Crippen LogP contribution in [0.4, 0.5) is 11.6 Å². The Kier molecular flexibility index (Phi) is 4.52. The number of hydrogen-bond acceptors (Lipinski definition) is 5. The molecular formula is C13H21N5. The number of nitrogens with one attached hydrogen (secondary N) is 2.